The second kappa shape index (κ2) is 7.35. The lowest BCUT2D eigenvalue weighted by molar-refractivity contribution is 1.04. The van der Waals surface area contributed by atoms with Gasteiger partial charge in [0.2, 0.25) is 0 Å². The molecular formula is C13H16. The summed E-state index contributed by atoms with van der Waals surface area (Å²) in [5.74, 6) is 0. The third-order valence-electron chi connectivity index (χ3n) is 1.77. The highest BCUT2D eigenvalue weighted by Gasteiger charge is 1.76. The Hall–Kier alpha value is -1.30. The minimum Gasteiger partial charge on any atom is -0.0879 e. The van der Waals surface area contributed by atoms with Gasteiger partial charge in [0.25, 0.3) is 0 Å². The molecule has 0 spiro atoms. The van der Waals surface area contributed by atoms with Gasteiger partial charge in [-0.3, -0.25) is 0 Å². The van der Waals surface area contributed by atoms with Crippen LogP contribution in [-0.4, -0.2) is 0 Å². The van der Waals surface area contributed by atoms with Crippen LogP contribution in [0, 0.1) is 0 Å². The number of hydrogen-bond acceptors (Lipinski definition) is 0. The molecule has 1 aliphatic rings. The monoisotopic (exact) mass is 172 g/mol. The summed E-state index contributed by atoms with van der Waals surface area (Å²) in [6, 6.07) is 0. The van der Waals surface area contributed by atoms with Crippen LogP contribution in [0.1, 0.15) is 19.3 Å². The van der Waals surface area contributed by atoms with Crippen LogP contribution in [0.15, 0.2) is 60.8 Å². The van der Waals surface area contributed by atoms with Gasteiger partial charge in [-0.1, -0.05) is 60.8 Å². The highest BCUT2D eigenvalue weighted by atomic mass is 13.8. The number of allylic oxidation sites excluding steroid dienone is 10. The van der Waals surface area contributed by atoms with Gasteiger partial charge in [0.1, 0.15) is 0 Å². The zero-order valence-electron chi connectivity index (χ0n) is 7.89. The Kier molecular flexibility index (Phi) is 5.54. The van der Waals surface area contributed by atoms with E-state index in [1.54, 1.807) is 0 Å². The standard InChI is InChI=1S/C13H16/c1-2-4-6-8-10-12-13-11-9-7-5-3-1/h1-8,11,13H,9-10,12H2/b3-1?,4-2?,7-5+,8-6+,13-11-. The molecule has 68 valence electrons. The van der Waals surface area contributed by atoms with Gasteiger partial charge < -0.3 is 0 Å². The molecule has 1 aliphatic carbocycles. The van der Waals surface area contributed by atoms with Gasteiger partial charge in [-0.05, 0) is 19.3 Å². The number of hydrogen-bond donors (Lipinski definition) is 0. The average molecular weight is 172 g/mol. The summed E-state index contributed by atoms with van der Waals surface area (Å²) in [4.78, 5) is 0. The molecule has 0 bridgehead atoms. The molecule has 0 heterocycles. The van der Waals surface area contributed by atoms with Gasteiger partial charge in [0, 0.05) is 0 Å². The molecule has 0 radical (unpaired) electrons. The van der Waals surface area contributed by atoms with Crippen molar-refractivity contribution in [2.24, 2.45) is 0 Å². The maximum absolute atomic E-state index is 2.24. The molecular weight excluding hydrogens is 156 g/mol. The lowest BCUT2D eigenvalue weighted by atomic mass is 10.2. The Balaban J connectivity index is 2.50. The molecule has 0 saturated carbocycles. The van der Waals surface area contributed by atoms with Gasteiger partial charge in [-0.15, -0.1) is 0 Å². The van der Waals surface area contributed by atoms with Gasteiger partial charge in [0.15, 0.2) is 0 Å². The van der Waals surface area contributed by atoms with E-state index in [0.717, 1.165) is 19.3 Å². The Morgan fingerprint density at radius 1 is 0.462 bits per heavy atom. The van der Waals surface area contributed by atoms with Crippen LogP contribution in [0.4, 0.5) is 0 Å². The summed E-state index contributed by atoms with van der Waals surface area (Å²) >= 11 is 0. The predicted octanol–water partition coefficient (Wildman–Crippen LogP) is 3.95. The molecule has 0 aromatic carbocycles. The fourth-order valence-electron chi connectivity index (χ4n) is 1.07. The molecule has 0 aromatic rings. The molecule has 0 N–H and O–H groups in total. The van der Waals surface area contributed by atoms with Gasteiger partial charge in [0.05, 0.1) is 0 Å². The van der Waals surface area contributed by atoms with Crippen LogP contribution in [0.2, 0.25) is 0 Å². The maximum Gasteiger partial charge on any atom is -0.0166 e. The molecule has 0 fully saturated rings. The molecule has 0 atom stereocenters. The predicted molar refractivity (Wildman–Crippen MR) is 59.6 cm³/mol. The molecule has 0 heteroatoms. The highest BCUT2D eigenvalue weighted by molar-refractivity contribution is 5.16. The first-order valence-electron chi connectivity index (χ1n) is 4.80. The van der Waals surface area contributed by atoms with E-state index < -0.39 is 0 Å². The Morgan fingerprint density at radius 3 is 1.92 bits per heavy atom. The lowest BCUT2D eigenvalue weighted by Gasteiger charge is -1.84. The second-order valence-electron chi connectivity index (χ2n) is 2.91. The normalized spacial score (nSPS) is 25.2. The first-order valence-corrected chi connectivity index (χ1v) is 4.80. The van der Waals surface area contributed by atoms with Crippen LogP contribution in [-0.2, 0) is 0 Å². The van der Waals surface area contributed by atoms with Crippen molar-refractivity contribution in [2.45, 2.75) is 19.3 Å². The highest BCUT2D eigenvalue weighted by Crippen LogP contribution is 1.96. The quantitative estimate of drug-likeness (QED) is 0.485. The van der Waals surface area contributed by atoms with Crippen molar-refractivity contribution in [1.82, 2.24) is 0 Å². The minimum atomic E-state index is 1.04. The minimum absolute atomic E-state index is 1.04. The molecule has 0 unspecified atom stereocenters. The molecule has 0 nitrogen and oxygen atoms in total. The summed E-state index contributed by atoms with van der Waals surface area (Å²) in [5, 5.41) is 0. The fourth-order valence-corrected chi connectivity index (χ4v) is 1.07. The van der Waals surface area contributed by atoms with Gasteiger partial charge >= 0.3 is 0 Å². The summed E-state index contributed by atoms with van der Waals surface area (Å²) in [6.07, 6.45) is 24.5. The van der Waals surface area contributed by atoms with Crippen molar-refractivity contribution in [3.8, 4) is 0 Å². The summed E-state index contributed by atoms with van der Waals surface area (Å²) < 4.78 is 0. The topological polar surface area (TPSA) is 0 Å². The second-order valence-corrected chi connectivity index (χ2v) is 2.91. The van der Waals surface area contributed by atoms with E-state index in [-0.39, 0.29) is 0 Å². The van der Waals surface area contributed by atoms with Crippen LogP contribution < -0.4 is 0 Å². The molecule has 0 aromatic heterocycles. The number of rotatable bonds is 0. The van der Waals surface area contributed by atoms with Crippen molar-refractivity contribution in [3.63, 3.8) is 0 Å². The fraction of sp³-hybridized carbons (Fsp3) is 0.231. The Labute approximate surface area is 80.7 Å². The summed E-state index contributed by atoms with van der Waals surface area (Å²) in [6.45, 7) is 0. The van der Waals surface area contributed by atoms with Crippen molar-refractivity contribution in [3.05, 3.63) is 60.8 Å². The van der Waals surface area contributed by atoms with Gasteiger partial charge in [-0.2, -0.15) is 0 Å². The van der Waals surface area contributed by atoms with Gasteiger partial charge in [-0.25, -0.2) is 0 Å². The van der Waals surface area contributed by atoms with E-state index in [4.69, 9.17) is 0 Å². The first kappa shape index (κ1) is 9.79. The van der Waals surface area contributed by atoms with E-state index in [0.29, 0.717) is 0 Å². The maximum atomic E-state index is 2.24. The molecule has 0 saturated heterocycles. The average Bonchev–Trinajstić information content (AvgIpc) is 2.18. The first-order chi connectivity index (χ1) is 6.50. The zero-order chi connectivity index (χ0) is 9.19. The van der Waals surface area contributed by atoms with Crippen LogP contribution in [0.25, 0.3) is 0 Å². The lowest BCUT2D eigenvalue weighted by Crippen LogP contribution is -1.64. The summed E-state index contributed by atoms with van der Waals surface area (Å²) in [7, 11) is 0. The summed E-state index contributed by atoms with van der Waals surface area (Å²) in [5.41, 5.74) is 0. The Morgan fingerprint density at radius 2 is 1.08 bits per heavy atom. The van der Waals surface area contributed by atoms with Crippen molar-refractivity contribution in [1.29, 1.82) is 0 Å². The zero-order valence-corrected chi connectivity index (χ0v) is 7.89. The van der Waals surface area contributed by atoms with Crippen LogP contribution >= 0.6 is 0 Å². The smallest absolute Gasteiger partial charge is 0.0166 e. The van der Waals surface area contributed by atoms with Crippen LogP contribution in [0.3, 0.4) is 0 Å². The molecule has 0 aliphatic heterocycles. The molecule has 1 rings (SSSR count). The third kappa shape index (κ3) is 5.92. The third-order valence-corrected chi connectivity index (χ3v) is 1.77. The SMILES string of the molecule is C1=C/C=C/C/C=C\CC/C=C/C=C1. The van der Waals surface area contributed by atoms with Crippen molar-refractivity contribution in [2.75, 3.05) is 0 Å². The van der Waals surface area contributed by atoms with E-state index in [9.17, 15) is 0 Å². The van der Waals surface area contributed by atoms with E-state index in [1.165, 1.54) is 0 Å². The van der Waals surface area contributed by atoms with Crippen LogP contribution in [0.5, 0.6) is 0 Å². The largest absolute Gasteiger partial charge is 0.0879 e. The van der Waals surface area contributed by atoms with E-state index in [2.05, 4.69) is 48.6 Å². The van der Waals surface area contributed by atoms with Crippen molar-refractivity contribution >= 4 is 0 Å². The van der Waals surface area contributed by atoms with E-state index in [1.807, 2.05) is 12.2 Å². The molecule has 0 amide bonds. The van der Waals surface area contributed by atoms with E-state index >= 15 is 0 Å². The Bertz CT molecular complexity index is 249. The molecule has 13 heavy (non-hydrogen) atoms. The van der Waals surface area contributed by atoms with Crippen molar-refractivity contribution < 1.29 is 0 Å².